The number of amides is 1. The fraction of sp³-hybridized carbons (Fsp3) is 0.833. The van der Waals surface area contributed by atoms with Gasteiger partial charge in [0.1, 0.15) is 0 Å². The molecule has 1 fully saturated rings. The molecule has 1 aliphatic rings. The molecule has 1 amide bonds. The molecule has 4 heteroatoms. The molecule has 1 unspecified atom stereocenters. The number of hydrogen-bond donors (Lipinski definition) is 1. The molecular weight excluding hydrogens is 206 g/mol. The van der Waals surface area contributed by atoms with Crippen LogP contribution in [0.1, 0.15) is 45.4 Å². The Kier molecular flexibility index (Phi) is 4.77. The molecule has 0 aromatic carbocycles. The lowest BCUT2D eigenvalue weighted by Crippen LogP contribution is -2.36. The predicted molar refractivity (Wildman–Crippen MR) is 61.1 cm³/mol. The van der Waals surface area contributed by atoms with Gasteiger partial charge < -0.3 is 10.0 Å². The van der Waals surface area contributed by atoms with Crippen LogP contribution in [0.5, 0.6) is 0 Å². The molecule has 0 heterocycles. The molecule has 1 aliphatic carbocycles. The summed E-state index contributed by atoms with van der Waals surface area (Å²) in [6.45, 7) is 1.81. The monoisotopic (exact) mass is 227 g/mol. The van der Waals surface area contributed by atoms with Gasteiger partial charge in [-0.15, -0.1) is 0 Å². The van der Waals surface area contributed by atoms with E-state index >= 15 is 0 Å². The van der Waals surface area contributed by atoms with Crippen molar-refractivity contribution in [3.05, 3.63) is 0 Å². The lowest BCUT2D eigenvalue weighted by atomic mass is 10.0. The number of carbonyl (C=O) groups is 2. The van der Waals surface area contributed by atoms with Crippen molar-refractivity contribution >= 4 is 11.9 Å². The minimum absolute atomic E-state index is 0.0737. The lowest BCUT2D eigenvalue weighted by Gasteiger charge is -2.25. The molecule has 1 atom stereocenters. The summed E-state index contributed by atoms with van der Waals surface area (Å²) in [5.41, 5.74) is 0. The molecule has 1 N–H and O–H groups in total. The van der Waals surface area contributed by atoms with Crippen molar-refractivity contribution < 1.29 is 14.7 Å². The Morgan fingerprint density at radius 3 is 2.38 bits per heavy atom. The van der Waals surface area contributed by atoms with Crippen molar-refractivity contribution in [1.29, 1.82) is 0 Å². The largest absolute Gasteiger partial charge is 0.481 e. The first-order chi connectivity index (χ1) is 7.50. The van der Waals surface area contributed by atoms with Crippen LogP contribution in [0.3, 0.4) is 0 Å². The summed E-state index contributed by atoms with van der Waals surface area (Å²) in [6, 6.07) is 0.379. The van der Waals surface area contributed by atoms with Gasteiger partial charge in [-0.1, -0.05) is 19.8 Å². The third kappa shape index (κ3) is 3.83. The minimum Gasteiger partial charge on any atom is -0.481 e. The van der Waals surface area contributed by atoms with Gasteiger partial charge in [-0.05, 0) is 18.8 Å². The predicted octanol–water partition coefficient (Wildman–Crippen LogP) is 1.89. The Morgan fingerprint density at radius 2 is 1.88 bits per heavy atom. The van der Waals surface area contributed by atoms with E-state index in [-0.39, 0.29) is 18.2 Å². The van der Waals surface area contributed by atoms with Crippen molar-refractivity contribution in [2.45, 2.75) is 51.5 Å². The molecule has 0 bridgehead atoms. The second-order valence-electron chi connectivity index (χ2n) is 4.85. The van der Waals surface area contributed by atoms with Crippen LogP contribution in [0.15, 0.2) is 0 Å². The van der Waals surface area contributed by atoms with Gasteiger partial charge in [0.05, 0.1) is 0 Å². The summed E-state index contributed by atoms with van der Waals surface area (Å²) in [4.78, 5) is 24.2. The number of carboxylic acid groups (broad SMARTS) is 1. The van der Waals surface area contributed by atoms with Crippen LogP contribution in [0.4, 0.5) is 0 Å². The van der Waals surface area contributed by atoms with E-state index in [1.807, 2.05) is 18.9 Å². The zero-order valence-electron chi connectivity index (χ0n) is 10.1. The van der Waals surface area contributed by atoms with Gasteiger partial charge in [0, 0.05) is 25.9 Å². The molecule has 0 aromatic rings. The molecule has 92 valence electrons. The molecule has 0 spiro atoms. The zero-order valence-corrected chi connectivity index (χ0v) is 10.1. The average molecular weight is 227 g/mol. The highest BCUT2D eigenvalue weighted by molar-refractivity contribution is 5.77. The van der Waals surface area contributed by atoms with E-state index in [1.165, 1.54) is 12.8 Å². The summed E-state index contributed by atoms with van der Waals surface area (Å²) < 4.78 is 0. The standard InChI is InChI=1S/C12H21NO3/c1-9(8-12(15)16)7-11(14)13(2)10-5-3-4-6-10/h9-10H,3-8H2,1-2H3,(H,15,16). The molecule has 4 nitrogen and oxygen atoms in total. The highest BCUT2D eigenvalue weighted by Gasteiger charge is 2.24. The number of carbonyl (C=O) groups excluding carboxylic acids is 1. The highest BCUT2D eigenvalue weighted by atomic mass is 16.4. The second kappa shape index (κ2) is 5.87. The summed E-state index contributed by atoms with van der Waals surface area (Å²) in [5, 5.41) is 8.62. The Labute approximate surface area is 96.6 Å². The molecule has 0 radical (unpaired) electrons. The number of aliphatic carboxylic acids is 1. The van der Waals surface area contributed by atoms with Gasteiger partial charge in [-0.3, -0.25) is 9.59 Å². The van der Waals surface area contributed by atoms with E-state index in [2.05, 4.69) is 0 Å². The number of hydrogen-bond acceptors (Lipinski definition) is 2. The smallest absolute Gasteiger partial charge is 0.303 e. The Balaban J connectivity index is 2.35. The van der Waals surface area contributed by atoms with Gasteiger partial charge in [-0.25, -0.2) is 0 Å². The van der Waals surface area contributed by atoms with Crippen LogP contribution in [0.2, 0.25) is 0 Å². The fourth-order valence-corrected chi connectivity index (χ4v) is 2.31. The van der Waals surface area contributed by atoms with Crippen molar-refractivity contribution in [3.63, 3.8) is 0 Å². The summed E-state index contributed by atoms with van der Waals surface area (Å²) >= 11 is 0. The highest BCUT2D eigenvalue weighted by Crippen LogP contribution is 2.23. The van der Waals surface area contributed by atoms with E-state index in [0.29, 0.717) is 12.5 Å². The molecule has 0 aromatic heterocycles. The van der Waals surface area contributed by atoms with Crippen LogP contribution in [0, 0.1) is 5.92 Å². The quantitative estimate of drug-likeness (QED) is 0.780. The molecule has 16 heavy (non-hydrogen) atoms. The van der Waals surface area contributed by atoms with E-state index in [0.717, 1.165) is 12.8 Å². The first-order valence-electron chi connectivity index (χ1n) is 5.98. The van der Waals surface area contributed by atoms with E-state index in [4.69, 9.17) is 5.11 Å². The molecule has 1 saturated carbocycles. The van der Waals surface area contributed by atoms with Crippen molar-refractivity contribution in [3.8, 4) is 0 Å². The van der Waals surface area contributed by atoms with Gasteiger partial charge in [0.15, 0.2) is 0 Å². The van der Waals surface area contributed by atoms with Crippen LogP contribution >= 0.6 is 0 Å². The lowest BCUT2D eigenvalue weighted by molar-refractivity contribution is -0.138. The van der Waals surface area contributed by atoms with Crippen LogP contribution in [-0.4, -0.2) is 35.0 Å². The van der Waals surface area contributed by atoms with Crippen LogP contribution in [0.25, 0.3) is 0 Å². The molecular formula is C12H21NO3. The van der Waals surface area contributed by atoms with E-state index in [9.17, 15) is 9.59 Å². The van der Waals surface area contributed by atoms with Crippen LogP contribution < -0.4 is 0 Å². The Morgan fingerprint density at radius 1 is 1.31 bits per heavy atom. The summed E-state index contributed by atoms with van der Waals surface area (Å²) in [6.07, 6.45) is 5.01. The topological polar surface area (TPSA) is 57.6 Å². The second-order valence-corrected chi connectivity index (χ2v) is 4.85. The minimum atomic E-state index is -0.830. The van der Waals surface area contributed by atoms with Crippen molar-refractivity contribution in [2.24, 2.45) is 5.92 Å². The maximum absolute atomic E-state index is 11.9. The van der Waals surface area contributed by atoms with Crippen molar-refractivity contribution in [2.75, 3.05) is 7.05 Å². The first kappa shape index (κ1) is 13.0. The van der Waals surface area contributed by atoms with Gasteiger partial charge >= 0.3 is 5.97 Å². The fourth-order valence-electron chi connectivity index (χ4n) is 2.31. The molecule has 0 saturated heterocycles. The third-order valence-electron chi connectivity index (χ3n) is 3.31. The van der Waals surface area contributed by atoms with Gasteiger partial charge in [0.2, 0.25) is 5.91 Å². The Hall–Kier alpha value is -1.06. The molecule has 0 aliphatic heterocycles. The maximum atomic E-state index is 11.9. The SMILES string of the molecule is CC(CC(=O)O)CC(=O)N(C)C1CCCC1. The maximum Gasteiger partial charge on any atom is 0.303 e. The number of carboxylic acids is 1. The number of rotatable bonds is 5. The van der Waals surface area contributed by atoms with Crippen molar-refractivity contribution in [1.82, 2.24) is 4.90 Å². The first-order valence-corrected chi connectivity index (χ1v) is 5.98. The van der Waals surface area contributed by atoms with Crippen LogP contribution in [-0.2, 0) is 9.59 Å². The summed E-state index contributed by atoms with van der Waals surface area (Å²) in [5.74, 6) is -0.821. The van der Waals surface area contributed by atoms with E-state index < -0.39 is 5.97 Å². The van der Waals surface area contributed by atoms with Gasteiger partial charge in [-0.2, -0.15) is 0 Å². The zero-order chi connectivity index (χ0) is 12.1. The average Bonchev–Trinajstić information content (AvgIpc) is 2.67. The third-order valence-corrected chi connectivity index (χ3v) is 3.31. The normalized spacial score (nSPS) is 18.4. The Bertz CT molecular complexity index is 259. The van der Waals surface area contributed by atoms with Gasteiger partial charge in [0.25, 0.3) is 0 Å². The molecule has 1 rings (SSSR count). The number of nitrogens with zero attached hydrogens (tertiary/aromatic N) is 1. The van der Waals surface area contributed by atoms with E-state index in [1.54, 1.807) is 0 Å². The summed E-state index contributed by atoms with van der Waals surface area (Å²) in [7, 11) is 1.84.